The summed E-state index contributed by atoms with van der Waals surface area (Å²) in [6, 6.07) is 9.40. The van der Waals surface area contributed by atoms with E-state index in [1.807, 2.05) is 24.3 Å². The zero-order chi connectivity index (χ0) is 19.2. The van der Waals surface area contributed by atoms with Crippen LogP contribution < -0.4 is 5.32 Å². The van der Waals surface area contributed by atoms with E-state index < -0.39 is 0 Å². The van der Waals surface area contributed by atoms with Gasteiger partial charge in [0.1, 0.15) is 17.3 Å². The van der Waals surface area contributed by atoms with Crippen molar-refractivity contribution in [3.8, 4) is 0 Å². The second-order valence-corrected chi connectivity index (χ2v) is 6.86. The van der Waals surface area contributed by atoms with Crippen LogP contribution in [-0.4, -0.2) is 64.8 Å². The monoisotopic (exact) mass is 387 g/mol. The molecule has 0 atom stereocenters. The zero-order valence-electron chi connectivity index (χ0n) is 15.2. The fraction of sp³-hybridized carbons (Fsp3) is 0.368. The molecule has 0 saturated carbocycles. The third kappa shape index (κ3) is 5.17. The van der Waals surface area contributed by atoms with E-state index in [-0.39, 0.29) is 5.91 Å². The van der Waals surface area contributed by atoms with Crippen molar-refractivity contribution in [1.82, 2.24) is 19.8 Å². The number of carbonyl (C=O) groups is 2. The predicted molar refractivity (Wildman–Crippen MR) is 104 cm³/mol. The molecule has 8 heteroatoms. The van der Waals surface area contributed by atoms with Crippen LogP contribution in [0.2, 0.25) is 5.02 Å². The summed E-state index contributed by atoms with van der Waals surface area (Å²) in [6.45, 7) is 4.58. The molecule has 27 heavy (non-hydrogen) atoms. The van der Waals surface area contributed by atoms with Crippen molar-refractivity contribution < 1.29 is 9.59 Å². The van der Waals surface area contributed by atoms with Crippen LogP contribution in [0, 0.1) is 6.92 Å². The number of hydrogen-bond donors (Lipinski definition) is 1. The van der Waals surface area contributed by atoms with Gasteiger partial charge in [-0.2, -0.15) is 0 Å². The van der Waals surface area contributed by atoms with Gasteiger partial charge in [0.25, 0.3) is 5.91 Å². The van der Waals surface area contributed by atoms with E-state index in [2.05, 4.69) is 15.3 Å². The molecule has 142 valence electrons. The molecule has 1 fully saturated rings. The average molecular weight is 388 g/mol. The van der Waals surface area contributed by atoms with Crippen molar-refractivity contribution in [2.24, 2.45) is 0 Å². The molecule has 0 aliphatic carbocycles. The first kappa shape index (κ1) is 19.1. The molecule has 0 bridgehead atoms. The maximum absolute atomic E-state index is 12.7. The maximum Gasteiger partial charge on any atom is 0.272 e. The molecule has 1 N–H and O–H groups in total. The van der Waals surface area contributed by atoms with Crippen molar-refractivity contribution in [3.05, 3.63) is 52.4 Å². The Morgan fingerprint density at radius 2 is 1.89 bits per heavy atom. The van der Waals surface area contributed by atoms with Crippen LogP contribution in [0.1, 0.15) is 21.9 Å². The number of aromatic nitrogens is 2. The van der Waals surface area contributed by atoms with Crippen molar-refractivity contribution in [1.29, 1.82) is 0 Å². The fourth-order valence-corrected chi connectivity index (χ4v) is 3.07. The molecular weight excluding hydrogens is 366 g/mol. The first-order valence-electron chi connectivity index (χ1n) is 8.88. The van der Waals surface area contributed by atoms with Gasteiger partial charge in [-0.3, -0.25) is 9.59 Å². The Morgan fingerprint density at radius 1 is 1.19 bits per heavy atom. The summed E-state index contributed by atoms with van der Waals surface area (Å²) in [6.07, 6.45) is 1.64. The quantitative estimate of drug-likeness (QED) is 0.767. The summed E-state index contributed by atoms with van der Waals surface area (Å²) in [4.78, 5) is 35.6. The molecule has 3 rings (SSSR count). The lowest BCUT2D eigenvalue weighted by Gasteiger charge is -2.32. The summed E-state index contributed by atoms with van der Waals surface area (Å²) >= 11 is 5.90. The van der Waals surface area contributed by atoms with Gasteiger partial charge >= 0.3 is 0 Å². The second kappa shape index (κ2) is 8.81. The number of hydrogen-bond acceptors (Lipinski definition) is 5. The largest absolute Gasteiger partial charge is 0.370 e. The van der Waals surface area contributed by atoms with Gasteiger partial charge in [-0.05, 0) is 31.0 Å². The smallest absolute Gasteiger partial charge is 0.272 e. The Kier molecular flexibility index (Phi) is 6.24. The van der Waals surface area contributed by atoms with E-state index >= 15 is 0 Å². The summed E-state index contributed by atoms with van der Waals surface area (Å²) in [7, 11) is 0. The van der Waals surface area contributed by atoms with Gasteiger partial charge < -0.3 is 15.1 Å². The van der Waals surface area contributed by atoms with E-state index in [1.54, 1.807) is 22.8 Å². The minimum absolute atomic E-state index is 0.133. The minimum Gasteiger partial charge on any atom is -0.370 e. The number of aryl methyl sites for hydroxylation is 1. The molecule has 1 aliphatic rings. The molecule has 7 nitrogen and oxygen atoms in total. The lowest BCUT2D eigenvalue weighted by atomic mass is 10.1. The lowest BCUT2D eigenvalue weighted by molar-refractivity contribution is -0.119. The Balaban J connectivity index is 1.60. The summed E-state index contributed by atoms with van der Waals surface area (Å²) in [5, 5.41) is 3.97. The zero-order valence-corrected chi connectivity index (χ0v) is 15.9. The van der Waals surface area contributed by atoms with Crippen LogP contribution in [0.4, 0.5) is 5.82 Å². The highest BCUT2D eigenvalue weighted by Crippen LogP contribution is 2.13. The number of benzene rings is 1. The van der Waals surface area contributed by atoms with E-state index in [4.69, 9.17) is 11.6 Å². The van der Waals surface area contributed by atoms with E-state index in [0.29, 0.717) is 50.1 Å². The first-order chi connectivity index (χ1) is 13.0. The molecule has 2 heterocycles. The summed E-state index contributed by atoms with van der Waals surface area (Å²) in [5.74, 6) is 1.04. The van der Waals surface area contributed by atoms with Crippen molar-refractivity contribution in [3.63, 3.8) is 0 Å². The lowest BCUT2D eigenvalue weighted by Crippen LogP contribution is -2.48. The van der Waals surface area contributed by atoms with Crippen LogP contribution in [0.3, 0.4) is 0 Å². The van der Waals surface area contributed by atoms with Crippen LogP contribution in [0.25, 0.3) is 0 Å². The number of nitrogens with zero attached hydrogens (tertiary/aromatic N) is 4. The van der Waals surface area contributed by atoms with Gasteiger partial charge in [-0.15, -0.1) is 0 Å². The van der Waals surface area contributed by atoms with Gasteiger partial charge in [-0.1, -0.05) is 23.7 Å². The normalized spacial score (nSPS) is 14.1. The number of amides is 2. The fourth-order valence-electron chi connectivity index (χ4n) is 2.95. The van der Waals surface area contributed by atoms with Gasteiger partial charge in [0.15, 0.2) is 0 Å². The van der Waals surface area contributed by atoms with E-state index in [9.17, 15) is 9.59 Å². The molecule has 2 amide bonds. The summed E-state index contributed by atoms with van der Waals surface area (Å²) < 4.78 is 0. The predicted octanol–water partition coefficient (Wildman–Crippen LogP) is 2.01. The minimum atomic E-state index is -0.133. The standard InChI is InChI=1S/C19H22ClN5O2/c1-14-22-17(19(27)25-10-8-24(13-26)9-11-25)12-18(23-14)21-7-6-15-2-4-16(20)5-3-15/h2-5,12-13H,6-11H2,1H3,(H,21,22,23). The number of carbonyl (C=O) groups excluding carboxylic acids is 2. The van der Waals surface area contributed by atoms with Crippen LogP contribution in [0.5, 0.6) is 0 Å². The van der Waals surface area contributed by atoms with Gasteiger partial charge in [-0.25, -0.2) is 9.97 Å². The van der Waals surface area contributed by atoms with Gasteiger partial charge in [0, 0.05) is 43.8 Å². The third-order valence-electron chi connectivity index (χ3n) is 4.44. The first-order valence-corrected chi connectivity index (χ1v) is 9.25. The molecule has 0 radical (unpaired) electrons. The molecule has 1 aliphatic heterocycles. The maximum atomic E-state index is 12.7. The van der Waals surface area contributed by atoms with Crippen molar-refractivity contribution in [2.45, 2.75) is 13.3 Å². The molecular formula is C19H22ClN5O2. The second-order valence-electron chi connectivity index (χ2n) is 6.42. The molecule has 1 aromatic carbocycles. The number of anilines is 1. The van der Waals surface area contributed by atoms with Crippen LogP contribution in [0.15, 0.2) is 30.3 Å². The molecule has 1 saturated heterocycles. The van der Waals surface area contributed by atoms with E-state index in [1.165, 1.54) is 5.56 Å². The number of halogens is 1. The van der Waals surface area contributed by atoms with Crippen LogP contribution >= 0.6 is 11.6 Å². The molecule has 2 aromatic rings. The Labute approximate surface area is 163 Å². The Bertz CT molecular complexity index is 804. The number of rotatable bonds is 6. The van der Waals surface area contributed by atoms with Crippen molar-refractivity contribution in [2.75, 3.05) is 38.0 Å². The number of piperazine rings is 1. The Morgan fingerprint density at radius 3 is 2.56 bits per heavy atom. The summed E-state index contributed by atoms with van der Waals surface area (Å²) in [5.41, 5.74) is 1.54. The Hall–Kier alpha value is -2.67. The third-order valence-corrected chi connectivity index (χ3v) is 4.69. The number of nitrogens with one attached hydrogen (secondary N) is 1. The van der Waals surface area contributed by atoms with Crippen molar-refractivity contribution >= 4 is 29.7 Å². The highest BCUT2D eigenvalue weighted by molar-refractivity contribution is 6.30. The van der Waals surface area contributed by atoms with Crippen LogP contribution in [-0.2, 0) is 11.2 Å². The van der Waals surface area contributed by atoms with E-state index in [0.717, 1.165) is 17.9 Å². The topological polar surface area (TPSA) is 78.4 Å². The van der Waals surface area contributed by atoms with Gasteiger partial charge in [0.05, 0.1) is 0 Å². The molecule has 0 spiro atoms. The SMILES string of the molecule is Cc1nc(NCCc2ccc(Cl)cc2)cc(C(=O)N2CCN(C=O)CC2)n1. The molecule has 1 aromatic heterocycles. The molecule has 0 unspecified atom stereocenters. The highest BCUT2D eigenvalue weighted by Gasteiger charge is 2.23. The van der Waals surface area contributed by atoms with Gasteiger partial charge in [0.2, 0.25) is 6.41 Å². The average Bonchev–Trinajstić information content (AvgIpc) is 2.68. The highest BCUT2D eigenvalue weighted by atomic mass is 35.5.